The van der Waals surface area contributed by atoms with Crippen LogP contribution in [0.2, 0.25) is 0 Å². The molecule has 0 aromatic carbocycles. The van der Waals surface area contributed by atoms with Gasteiger partial charge in [-0.15, -0.1) is 21.5 Å². The topological polar surface area (TPSA) is 59.2 Å². The maximum atomic E-state index is 12.4. The van der Waals surface area contributed by atoms with E-state index in [1.54, 1.807) is 11.3 Å². The Morgan fingerprint density at radius 3 is 3.00 bits per heavy atom. The predicted molar refractivity (Wildman–Crippen MR) is 99.9 cm³/mol. The van der Waals surface area contributed by atoms with Crippen molar-refractivity contribution >= 4 is 29.0 Å². The molecule has 1 fully saturated rings. The number of aryl methyl sites for hydroxylation is 1. The van der Waals surface area contributed by atoms with Crippen LogP contribution in [-0.4, -0.2) is 39.3 Å². The van der Waals surface area contributed by atoms with E-state index in [1.807, 2.05) is 11.8 Å². The third kappa shape index (κ3) is 3.62. The summed E-state index contributed by atoms with van der Waals surface area (Å²) >= 11 is 3.13. The largest absolute Gasteiger partial charge is 0.410 e. The Labute approximate surface area is 156 Å². The average Bonchev–Trinajstić information content (AvgIpc) is 3.33. The van der Waals surface area contributed by atoms with Crippen molar-refractivity contribution in [1.29, 1.82) is 0 Å². The quantitative estimate of drug-likeness (QED) is 0.753. The van der Waals surface area contributed by atoms with Crippen LogP contribution in [0.25, 0.3) is 10.8 Å². The Balaban J connectivity index is 1.44. The summed E-state index contributed by atoms with van der Waals surface area (Å²) in [5.41, 5.74) is 1.43. The van der Waals surface area contributed by atoms with Crippen molar-refractivity contribution in [3.8, 4) is 10.8 Å². The first-order valence-corrected chi connectivity index (χ1v) is 10.7. The van der Waals surface area contributed by atoms with Gasteiger partial charge in [-0.1, -0.05) is 18.7 Å². The molecule has 4 rings (SSSR count). The zero-order valence-corrected chi connectivity index (χ0v) is 16.3. The van der Waals surface area contributed by atoms with E-state index < -0.39 is 0 Å². The molecule has 2 aromatic rings. The first-order valence-electron chi connectivity index (χ1n) is 9.01. The summed E-state index contributed by atoms with van der Waals surface area (Å²) in [6, 6.07) is 2.20. The number of thioether (sulfide) groups is 1. The van der Waals surface area contributed by atoms with E-state index in [1.165, 1.54) is 28.6 Å². The molecule has 3 heterocycles. The molecular weight excluding hydrogens is 354 g/mol. The summed E-state index contributed by atoms with van der Waals surface area (Å²) in [6.45, 7) is 5.97. The Morgan fingerprint density at radius 2 is 2.20 bits per heavy atom. The van der Waals surface area contributed by atoms with Crippen LogP contribution in [0.1, 0.15) is 43.6 Å². The summed E-state index contributed by atoms with van der Waals surface area (Å²) in [6.07, 6.45) is 5.76. The molecule has 5 nitrogen and oxygen atoms in total. The van der Waals surface area contributed by atoms with Gasteiger partial charge < -0.3 is 9.32 Å². The summed E-state index contributed by atoms with van der Waals surface area (Å²) in [4.78, 5) is 16.9. The fraction of sp³-hybridized carbons (Fsp3) is 0.611. The molecule has 1 amide bonds. The van der Waals surface area contributed by atoms with Crippen molar-refractivity contribution in [3.63, 3.8) is 0 Å². The SMILES string of the molecule is C[C@@H]1CCc2sc(-c3nnc(S[C@@H](C)C(=O)N4CCCC4)o3)cc2C1. The first-order chi connectivity index (χ1) is 12.1. The van der Waals surface area contributed by atoms with Crippen LogP contribution in [0.4, 0.5) is 0 Å². The maximum Gasteiger partial charge on any atom is 0.277 e. The minimum absolute atomic E-state index is 0.169. The van der Waals surface area contributed by atoms with Gasteiger partial charge in [-0.05, 0) is 56.6 Å². The zero-order valence-electron chi connectivity index (χ0n) is 14.7. The lowest BCUT2D eigenvalue weighted by atomic mass is 9.90. The zero-order chi connectivity index (χ0) is 17.4. The van der Waals surface area contributed by atoms with Crippen LogP contribution in [-0.2, 0) is 17.6 Å². The Bertz CT molecular complexity index is 764. The standard InChI is InChI=1S/C18H23N3O2S2/c1-11-5-6-14-13(9-11)10-15(25-14)16-19-20-18(23-16)24-12(2)17(22)21-7-3-4-8-21/h10-12H,3-9H2,1-2H3/t11-,12+/m1/s1. The van der Waals surface area contributed by atoms with Crippen molar-refractivity contribution < 1.29 is 9.21 Å². The van der Waals surface area contributed by atoms with Crippen LogP contribution >= 0.6 is 23.1 Å². The van der Waals surface area contributed by atoms with E-state index in [4.69, 9.17) is 4.42 Å². The lowest BCUT2D eigenvalue weighted by Gasteiger charge is -2.18. The van der Waals surface area contributed by atoms with Crippen molar-refractivity contribution in [2.75, 3.05) is 13.1 Å². The van der Waals surface area contributed by atoms with Crippen molar-refractivity contribution in [2.45, 2.75) is 56.4 Å². The molecule has 0 spiro atoms. The van der Waals surface area contributed by atoms with Crippen LogP contribution in [0, 0.1) is 5.92 Å². The van der Waals surface area contributed by atoms with Gasteiger partial charge in [0.1, 0.15) is 0 Å². The van der Waals surface area contributed by atoms with Gasteiger partial charge in [-0.3, -0.25) is 4.79 Å². The molecule has 0 radical (unpaired) electrons. The van der Waals surface area contributed by atoms with E-state index >= 15 is 0 Å². The number of aromatic nitrogens is 2. The van der Waals surface area contributed by atoms with Gasteiger partial charge in [0.15, 0.2) is 0 Å². The van der Waals surface area contributed by atoms with Gasteiger partial charge >= 0.3 is 0 Å². The second kappa shape index (κ2) is 7.11. The number of nitrogens with zero attached hydrogens (tertiary/aromatic N) is 3. The third-order valence-electron chi connectivity index (χ3n) is 4.99. The number of amides is 1. The van der Waals surface area contributed by atoms with Crippen LogP contribution in [0.3, 0.4) is 0 Å². The minimum atomic E-state index is -0.191. The highest BCUT2D eigenvalue weighted by Gasteiger charge is 2.26. The highest BCUT2D eigenvalue weighted by atomic mass is 32.2. The number of likely N-dealkylation sites (tertiary alicyclic amines) is 1. The molecule has 7 heteroatoms. The van der Waals surface area contributed by atoms with Crippen molar-refractivity contribution in [2.24, 2.45) is 5.92 Å². The van der Waals surface area contributed by atoms with E-state index in [2.05, 4.69) is 23.2 Å². The minimum Gasteiger partial charge on any atom is -0.410 e. The molecule has 2 atom stereocenters. The normalized spacial score (nSPS) is 21.4. The lowest BCUT2D eigenvalue weighted by molar-refractivity contribution is -0.129. The molecule has 2 aromatic heterocycles. The molecule has 1 saturated heterocycles. The smallest absolute Gasteiger partial charge is 0.277 e. The molecular formula is C18H23N3O2S2. The van der Waals surface area contributed by atoms with Gasteiger partial charge in [0.2, 0.25) is 5.91 Å². The molecule has 0 N–H and O–H groups in total. The van der Waals surface area contributed by atoms with Gasteiger partial charge in [0, 0.05) is 18.0 Å². The predicted octanol–water partition coefficient (Wildman–Crippen LogP) is 4.03. The van der Waals surface area contributed by atoms with Gasteiger partial charge in [-0.25, -0.2) is 0 Å². The second-order valence-electron chi connectivity index (χ2n) is 7.07. The number of hydrogen-bond donors (Lipinski definition) is 0. The fourth-order valence-electron chi connectivity index (χ4n) is 3.56. The van der Waals surface area contributed by atoms with E-state index in [9.17, 15) is 4.79 Å². The Hall–Kier alpha value is -1.34. The lowest BCUT2D eigenvalue weighted by Crippen LogP contribution is -2.34. The van der Waals surface area contributed by atoms with E-state index in [0.717, 1.165) is 49.6 Å². The molecule has 0 saturated carbocycles. The van der Waals surface area contributed by atoms with Crippen molar-refractivity contribution in [1.82, 2.24) is 15.1 Å². The summed E-state index contributed by atoms with van der Waals surface area (Å²) in [7, 11) is 0. The molecule has 0 bridgehead atoms. The molecule has 25 heavy (non-hydrogen) atoms. The van der Waals surface area contributed by atoms with E-state index in [0.29, 0.717) is 11.1 Å². The molecule has 0 unspecified atom stereocenters. The van der Waals surface area contributed by atoms with Crippen LogP contribution < -0.4 is 0 Å². The second-order valence-corrected chi connectivity index (χ2v) is 9.50. The highest BCUT2D eigenvalue weighted by Crippen LogP contribution is 2.37. The Kier molecular flexibility index (Phi) is 4.86. The maximum absolute atomic E-state index is 12.4. The third-order valence-corrected chi connectivity index (χ3v) is 7.14. The number of fused-ring (bicyclic) bond motifs is 1. The average molecular weight is 378 g/mol. The van der Waals surface area contributed by atoms with Gasteiger partial charge in [0.25, 0.3) is 11.1 Å². The van der Waals surface area contributed by atoms with Crippen molar-refractivity contribution in [3.05, 3.63) is 16.5 Å². The number of rotatable bonds is 4. The summed E-state index contributed by atoms with van der Waals surface area (Å²) < 4.78 is 5.84. The number of carbonyl (C=O) groups excluding carboxylic acids is 1. The molecule has 134 valence electrons. The highest BCUT2D eigenvalue weighted by molar-refractivity contribution is 8.00. The van der Waals surface area contributed by atoms with Gasteiger partial charge in [-0.2, -0.15) is 0 Å². The summed E-state index contributed by atoms with van der Waals surface area (Å²) in [5.74, 6) is 1.50. The summed E-state index contributed by atoms with van der Waals surface area (Å²) in [5, 5.41) is 8.64. The van der Waals surface area contributed by atoms with Crippen LogP contribution in [0.5, 0.6) is 0 Å². The first kappa shape index (κ1) is 17.1. The molecule has 1 aliphatic heterocycles. The van der Waals surface area contributed by atoms with Crippen LogP contribution in [0.15, 0.2) is 15.7 Å². The Morgan fingerprint density at radius 1 is 1.40 bits per heavy atom. The monoisotopic (exact) mass is 377 g/mol. The number of thiophene rings is 1. The van der Waals surface area contributed by atoms with E-state index in [-0.39, 0.29) is 11.2 Å². The van der Waals surface area contributed by atoms with Gasteiger partial charge in [0.05, 0.1) is 10.1 Å². The fourth-order valence-corrected chi connectivity index (χ4v) is 5.46. The molecule has 1 aliphatic carbocycles. The number of carbonyl (C=O) groups is 1. The number of hydrogen-bond acceptors (Lipinski definition) is 6. The molecule has 2 aliphatic rings.